The van der Waals surface area contributed by atoms with Gasteiger partial charge in [0.2, 0.25) is 0 Å². The molecule has 0 unspecified atom stereocenters. The summed E-state index contributed by atoms with van der Waals surface area (Å²) in [4.78, 5) is 14.0. The van der Waals surface area contributed by atoms with Crippen molar-refractivity contribution in [2.75, 3.05) is 0 Å². The van der Waals surface area contributed by atoms with Crippen LogP contribution in [0.5, 0.6) is 0 Å². The summed E-state index contributed by atoms with van der Waals surface area (Å²) in [5.41, 5.74) is 0.0787. The Morgan fingerprint density at radius 2 is 2.27 bits per heavy atom. The summed E-state index contributed by atoms with van der Waals surface area (Å²) in [5.74, 6) is -1.10. The number of carboxylic acids is 1. The van der Waals surface area contributed by atoms with Gasteiger partial charge in [-0.15, -0.1) is 0 Å². The Morgan fingerprint density at radius 3 is 2.73 bits per heavy atom. The molecule has 0 saturated carbocycles. The first kappa shape index (κ1) is 12.0. The van der Waals surface area contributed by atoms with Crippen molar-refractivity contribution >= 4 is 21.9 Å². The van der Waals surface area contributed by atoms with Crippen molar-refractivity contribution in [3.8, 4) is 0 Å². The van der Waals surface area contributed by atoms with Gasteiger partial charge in [0.05, 0.1) is 12.1 Å². The molecule has 6 heteroatoms. The highest BCUT2D eigenvalue weighted by Gasteiger charge is 2.16. The van der Waals surface area contributed by atoms with E-state index >= 15 is 0 Å². The Balaban J connectivity index is 3.17. The van der Waals surface area contributed by atoms with Gasteiger partial charge in [-0.1, -0.05) is 15.9 Å². The van der Waals surface area contributed by atoms with Crippen LogP contribution in [-0.4, -0.2) is 16.1 Å². The summed E-state index contributed by atoms with van der Waals surface area (Å²) in [6, 6.07) is 1.44. The quantitative estimate of drug-likeness (QED) is 0.926. The fourth-order valence-electron chi connectivity index (χ4n) is 1.11. The standard InChI is InChI=1S/C9H8BrF2NO2/c1-4-6(10)2-5(3-7(14)15)13-8(4)9(11)12/h2,9H,3H2,1H3,(H,14,15). The lowest BCUT2D eigenvalue weighted by Crippen LogP contribution is -2.06. The molecule has 1 aromatic rings. The number of carboxylic acid groups (broad SMARTS) is 1. The van der Waals surface area contributed by atoms with Crippen LogP contribution in [0.25, 0.3) is 0 Å². The van der Waals surface area contributed by atoms with E-state index in [1.807, 2.05) is 0 Å². The number of pyridine rings is 1. The van der Waals surface area contributed by atoms with Gasteiger partial charge in [0.25, 0.3) is 6.43 Å². The van der Waals surface area contributed by atoms with Crippen LogP contribution in [0.2, 0.25) is 0 Å². The monoisotopic (exact) mass is 279 g/mol. The molecule has 0 bridgehead atoms. The average molecular weight is 280 g/mol. The molecule has 3 nitrogen and oxygen atoms in total. The van der Waals surface area contributed by atoms with Crippen molar-refractivity contribution < 1.29 is 18.7 Å². The number of alkyl halides is 2. The van der Waals surface area contributed by atoms with Crippen LogP contribution >= 0.6 is 15.9 Å². The predicted molar refractivity (Wildman–Crippen MR) is 53.0 cm³/mol. The fourth-order valence-corrected chi connectivity index (χ4v) is 1.57. The highest BCUT2D eigenvalue weighted by Crippen LogP contribution is 2.27. The molecule has 0 saturated heterocycles. The SMILES string of the molecule is Cc1c(Br)cc(CC(=O)O)nc1C(F)F. The lowest BCUT2D eigenvalue weighted by atomic mass is 10.1. The van der Waals surface area contributed by atoms with Gasteiger partial charge in [0.15, 0.2) is 0 Å². The van der Waals surface area contributed by atoms with Crippen LogP contribution in [-0.2, 0) is 11.2 Å². The molecule has 1 rings (SSSR count). The zero-order chi connectivity index (χ0) is 11.6. The summed E-state index contributed by atoms with van der Waals surface area (Å²) in [6.45, 7) is 1.50. The normalized spacial score (nSPS) is 10.7. The zero-order valence-corrected chi connectivity index (χ0v) is 9.38. The van der Waals surface area contributed by atoms with E-state index < -0.39 is 12.4 Å². The molecule has 0 spiro atoms. The molecule has 0 aromatic carbocycles. The number of carbonyl (C=O) groups is 1. The van der Waals surface area contributed by atoms with Crippen LogP contribution in [0.3, 0.4) is 0 Å². The first-order valence-electron chi connectivity index (χ1n) is 4.07. The highest BCUT2D eigenvalue weighted by atomic mass is 79.9. The lowest BCUT2D eigenvalue weighted by molar-refractivity contribution is -0.136. The summed E-state index contributed by atoms with van der Waals surface area (Å²) in [7, 11) is 0. The maximum Gasteiger partial charge on any atom is 0.309 e. The second kappa shape index (κ2) is 4.65. The van der Waals surface area contributed by atoms with Gasteiger partial charge >= 0.3 is 5.97 Å². The number of hydrogen-bond donors (Lipinski definition) is 1. The third-order valence-corrected chi connectivity index (χ3v) is 2.66. The highest BCUT2D eigenvalue weighted by molar-refractivity contribution is 9.10. The van der Waals surface area contributed by atoms with Crippen LogP contribution in [0, 0.1) is 6.92 Å². The van der Waals surface area contributed by atoms with Gasteiger partial charge in [-0.25, -0.2) is 8.78 Å². The van der Waals surface area contributed by atoms with E-state index in [0.717, 1.165) is 0 Å². The van der Waals surface area contributed by atoms with E-state index in [1.165, 1.54) is 13.0 Å². The predicted octanol–water partition coefficient (Wildman–Crippen LogP) is 2.72. The minimum absolute atomic E-state index is 0.121. The van der Waals surface area contributed by atoms with Gasteiger partial charge in [0.1, 0.15) is 5.69 Å². The molecule has 0 aliphatic rings. The Bertz CT molecular complexity index is 396. The van der Waals surface area contributed by atoms with E-state index in [9.17, 15) is 13.6 Å². The van der Waals surface area contributed by atoms with Gasteiger partial charge < -0.3 is 5.11 Å². The van der Waals surface area contributed by atoms with Gasteiger partial charge in [-0.3, -0.25) is 9.78 Å². The number of hydrogen-bond acceptors (Lipinski definition) is 2. The van der Waals surface area contributed by atoms with Crippen molar-refractivity contribution in [2.24, 2.45) is 0 Å². The van der Waals surface area contributed by atoms with Gasteiger partial charge in [-0.05, 0) is 18.6 Å². The largest absolute Gasteiger partial charge is 0.481 e. The first-order valence-corrected chi connectivity index (χ1v) is 4.87. The summed E-state index contributed by atoms with van der Waals surface area (Å²) < 4.78 is 25.4. The summed E-state index contributed by atoms with van der Waals surface area (Å²) in [6.07, 6.45) is -3.06. The Labute approximate surface area is 93.3 Å². The second-order valence-corrected chi connectivity index (χ2v) is 3.83. The van der Waals surface area contributed by atoms with Crippen molar-refractivity contribution in [1.82, 2.24) is 4.98 Å². The molecule has 1 N–H and O–H groups in total. The zero-order valence-electron chi connectivity index (χ0n) is 7.80. The van der Waals surface area contributed by atoms with Crippen LogP contribution in [0.1, 0.15) is 23.4 Å². The molecule has 0 aliphatic carbocycles. The van der Waals surface area contributed by atoms with Gasteiger partial charge in [-0.2, -0.15) is 0 Å². The fraction of sp³-hybridized carbons (Fsp3) is 0.333. The van der Waals surface area contributed by atoms with Gasteiger partial charge in [0, 0.05) is 4.47 Å². The van der Waals surface area contributed by atoms with E-state index in [4.69, 9.17) is 5.11 Å². The van der Waals surface area contributed by atoms with Crippen molar-refractivity contribution in [3.05, 3.63) is 27.5 Å². The van der Waals surface area contributed by atoms with Crippen molar-refractivity contribution in [3.63, 3.8) is 0 Å². The molecule has 1 heterocycles. The van der Waals surface area contributed by atoms with Crippen molar-refractivity contribution in [2.45, 2.75) is 19.8 Å². The smallest absolute Gasteiger partial charge is 0.309 e. The molecule has 0 aliphatic heterocycles. The van der Waals surface area contributed by atoms with Crippen LogP contribution in [0.4, 0.5) is 8.78 Å². The number of rotatable bonds is 3. The molecule has 0 radical (unpaired) electrons. The molecule has 82 valence electrons. The van der Waals surface area contributed by atoms with E-state index in [1.54, 1.807) is 0 Å². The average Bonchev–Trinajstić information content (AvgIpc) is 2.09. The van der Waals surface area contributed by atoms with Crippen LogP contribution in [0.15, 0.2) is 10.5 Å². The second-order valence-electron chi connectivity index (χ2n) is 2.98. The topological polar surface area (TPSA) is 50.2 Å². The minimum Gasteiger partial charge on any atom is -0.481 e. The Morgan fingerprint density at radius 1 is 1.67 bits per heavy atom. The number of halogens is 3. The number of aliphatic carboxylic acids is 1. The van der Waals surface area contributed by atoms with Crippen LogP contribution < -0.4 is 0 Å². The summed E-state index contributed by atoms with van der Waals surface area (Å²) in [5, 5.41) is 8.51. The van der Waals surface area contributed by atoms with Crippen molar-refractivity contribution in [1.29, 1.82) is 0 Å². The Hall–Kier alpha value is -1.04. The third kappa shape index (κ3) is 2.95. The molecular weight excluding hydrogens is 272 g/mol. The maximum absolute atomic E-state index is 12.5. The lowest BCUT2D eigenvalue weighted by Gasteiger charge is -2.08. The van der Waals surface area contributed by atoms with E-state index in [0.29, 0.717) is 10.0 Å². The number of aromatic nitrogens is 1. The molecule has 1 aromatic heterocycles. The molecular formula is C9H8BrF2NO2. The Kier molecular flexibility index (Phi) is 3.73. The third-order valence-electron chi connectivity index (χ3n) is 1.84. The maximum atomic E-state index is 12.5. The molecule has 0 amide bonds. The molecule has 0 atom stereocenters. The first-order chi connectivity index (χ1) is 6.91. The molecule has 15 heavy (non-hydrogen) atoms. The van der Waals surface area contributed by atoms with E-state index in [-0.39, 0.29) is 17.8 Å². The van der Waals surface area contributed by atoms with E-state index in [2.05, 4.69) is 20.9 Å². The number of nitrogens with zero attached hydrogens (tertiary/aromatic N) is 1. The minimum atomic E-state index is -2.70. The summed E-state index contributed by atoms with van der Waals surface area (Å²) >= 11 is 3.09. The molecule has 0 fully saturated rings.